The largest absolute Gasteiger partial charge is 0.365 e. The molecule has 0 spiro atoms. The number of anilines is 2. The molecule has 0 saturated carbocycles. The number of primary amides is 1. The van der Waals surface area contributed by atoms with E-state index in [-0.39, 0.29) is 0 Å². The number of H-pyrrole nitrogens is 1. The van der Waals surface area contributed by atoms with Gasteiger partial charge in [-0.1, -0.05) is 18.2 Å². The van der Waals surface area contributed by atoms with Gasteiger partial charge in [-0.15, -0.1) is 11.3 Å². The van der Waals surface area contributed by atoms with Crippen LogP contribution < -0.4 is 16.2 Å². The van der Waals surface area contributed by atoms with E-state index in [4.69, 9.17) is 5.73 Å². The molecule has 3 aromatic rings. The third-order valence-electron chi connectivity index (χ3n) is 4.99. The van der Waals surface area contributed by atoms with E-state index in [1.807, 2.05) is 30.5 Å². The van der Waals surface area contributed by atoms with Crippen LogP contribution in [0.5, 0.6) is 0 Å². The van der Waals surface area contributed by atoms with Gasteiger partial charge in [0.05, 0.1) is 15.4 Å². The van der Waals surface area contributed by atoms with Gasteiger partial charge in [0, 0.05) is 12.2 Å². The second kappa shape index (κ2) is 8.14. The topological polar surface area (TPSA) is 90.3 Å². The first kappa shape index (κ1) is 18.7. The van der Waals surface area contributed by atoms with Crippen molar-refractivity contribution in [1.29, 1.82) is 0 Å². The number of carbonyl (C=O) groups excluding carboxylic acids is 1. The summed E-state index contributed by atoms with van der Waals surface area (Å²) in [4.78, 5) is 15.3. The molecule has 8 heteroatoms. The standard InChI is InChI=1S/C20H24N6OS/c1-25-11-9-14(10-12-25)24-26(15-5-3-2-4-6-15)16-13-22-23-19(16)17-7-8-18(28-17)20(21)27/h2-8,13-14,24H,9-12H2,1H3,(H2,21,27)(H,22,23). The van der Waals surface area contributed by atoms with Gasteiger partial charge in [-0.25, -0.2) is 5.43 Å². The molecular formula is C20H24N6OS. The van der Waals surface area contributed by atoms with Crippen molar-refractivity contribution in [3.8, 4) is 10.6 Å². The highest BCUT2D eigenvalue weighted by molar-refractivity contribution is 7.17. The number of nitrogens with one attached hydrogen (secondary N) is 2. The highest BCUT2D eigenvalue weighted by Crippen LogP contribution is 2.36. The van der Waals surface area contributed by atoms with Crippen molar-refractivity contribution in [3.05, 3.63) is 53.5 Å². The summed E-state index contributed by atoms with van der Waals surface area (Å²) >= 11 is 1.35. The van der Waals surface area contributed by atoms with Crippen molar-refractivity contribution >= 4 is 28.6 Å². The van der Waals surface area contributed by atoms with Gasteiger partial charge in [0.2, 0.25) is 0 Å². The van der Waals surface area contributed by atoms with Crippen LogP contribution in [-0.2, 0) is 0 Å². The number of piperidine rings is 1. The van der Waals surface area contributed by atoms with E-state index in [0.29, 0.717) is 10.9 Å². The average molecular weight is 397 g/mol. The van der Waals surface area contributed by atoms with Crippen LogP contribution in [0.3, 0.4) is 0 Å². The van der Waals surface area contributed by atoms with Crippen LogP contribution in [0.2, 0.25) is 0 Å². The lowest BCUT2D eigenvalue weighted by Gasteiger charge is -2.35. The second-order valence-electron chi connectivity index (χ2n) is 7.02. The molecule has 3 heterocycles. The molecule has 1 fully saturated rings. The highest BCUT2D eigenvalue weighted by atomic mass is 32.1. The van der Waals surface area contributed by atoms with Crippen molar-refractivity contribution in [2.24, 2.45) is 5.73 Å². The van der Waals surface area contributed by atoms with Gasteiger partial charge in [-0.05, 0) is 57.2 Å². The molecule has 0 bridgehead atoms. The molecule has 0 unspecified atom stereocenters. The Hall–Kier alpha value is -2.68. The smallest absolute Gasteiger partial charge is 0.258 e. The third kappa shape index (κ3) is 3.94. The number of carbonyl (C=O) groups is 1. The predicted molar refractivity (Wildman–Crippen MR) is 113 cm³/mol. The van der Waals surface area contributed by atoms with Crippen molar-refractivity contribution in [1.82, 2.24) is 20.5 Å². The van der Waals surface area contributed by atoms with Gasteiger partial charge < -0.3 is 10.6 Å². The van der Waals surface area contributed by atoms with Gasteiger partial charge in [-0.3, -0.25) is 14.9 Å². The normalized spacial score (nSPS) is 15.6. The summed E-state index contributed by atoms with van der Waals surface area (Å²) in [6.45, 7) is 2.15. The fraction of sp³-hybridized carbons (Fsp3) is 0.300. The molecule has 146 valence electrons. The minimum Gasteiger partial charge on any atom is -0.365 e. The minimum atomic E-state index is -0.419. The Kier molecular flexibility index (Phi) is 5.43. The fourth-order valence-electron chi connectivity index (χ4n) is 3.41. The SMILES string of the molecule is CN1CCC(NN(c2ccccc2)c2c[nH]nc2-c2ccc(C(N)=O)s2)CC1. The lowest BCUT2D eigenvalue weighted by molar-refractivity contribution is 0.100. The third-order valence-corrected chi connectivity index (χ3v) is 6.09. The van der Waals surface area contributed by atoms with Gasteiger partial charge in [0.25, 0.3) is 5.91 Å². The van der Waals surface area contributed by atoms with Crippen molar-refractivity contribution < 1.29 is 4.79 Å². The predicted octanol–water partition coefficient (Wildman–Crippen LogP) is 2.97. The fourth-order valence-corrected chi connectivity index (χ4v) is 4.27. The Balaban J connectivity index is 1.67. The second-order valence-corrected chi connectivity index (χ2v) is 8.11. The Labute approximate surface area is 168 Å². The molecule has 1 aliphatic rings. The first-order valence-electron chi connectivity index (χ1n) is 9.35. The number of hydrogen-bond acceptors (Lipinski definition) is 6. The summed E-state index contributed by atoms with van der Waals surface area (Å²) < 4.78 is 0. The van der Waals surface area contributed by atoms with Crippen molar-refractivity contribution in [2.75, 3.05) is 25.1 Å². The first-order chi connectivity index (χ1) is 13.6. The molecular weight excluding hydrogens is 372 g/mol. The number of hydrazine groups is 1. The van der Waals surface area contributed by atoms with E-state index in [2.05, 4.69) is 44.7 Å². The summed E-state index contributed by atoms with van der Waals surface area (Å²) in [6.07, 6.45) is 4.05. The van der Waals surface area contributed by atoms with Crippen molar-refractivity contribution in [3.63, 3.8) is 0 Å². The number of rotatable bonds is 6. The summed E-state index contributed by atoms with van der Waals surface area (Å²) in [7, 11) is 2.16. The summed E-state index contributed by atoms with van der Waals surface area (Å²) in [6, 6.07) is 14.2. The molecule has 28 heavy (non-hydrogen) atoms. The van der Waals surface area contributed by atoms with E-state index in [9.17, 15) is 4.79 Å². The average Bonchev–Trinajstić information content (AvgIpc) is 3.37. The van der Waals surface area contributed by atoms with Crippen LogP contribution >= 0.6 is 11.3 Å². The maximum Gasteiger partial charge on any atom is 0.258 e. The number of nitrogens with zero attached hydrogens (tertiary/aromatic N) is 3. The van der Waals surface area contributed by atoms with E-state index in [0.717, 1.165) is 47.9 Å². The zero-order valence-corrected chi connectivity index (χ0v) is 16.6. The van der Waals surface area contributed by atoms with Crippen molar-refractivity contribution in [2.45, 2.75) is 18.9 Å². The van der Waals surface area contributed by atoms with Gasteiger partial charge in [0.15, 0.2) is 0 Å². The maximum atomic E-state index is 11.5. The number of para-hydroxylation sites is 1. The van der Waals surface area contributed by atoms with Crippen LogP contribution in [0.4, 0.5) is 11.4 Å². The summed E-state index contributed by atoms with van der Waals surface area (Å²) in [5.41, 5.74) is 11.9. The molecule has 7 nitrogen and oxygen atoms in total. The van der Waals surface area contributed by atoms with Gasteiger partial charge >= 0.3 is 0 Å². The number of nitrogens with two attached hydrogens (primary N) is 1. The maximum absolute atomic E-state index is 11.5. The number of amides is 1. The quantitative estimate of drug-likeness (QED) is 0.557. The molecule has 0 aliphatic carbocycles. The molecule has 0 atom stereocenters. The molecule has 4 rings (SSSR count). The zero-order valence-electron chi connectivity index (χ0n) is 15.8. The Morgan fingerprint density at radius 1 is 1.25 bits per heavy atom. The lowest BCUT2D eigenvalue weighted by Crippen LogP contribution is -2.47. The van der Waals surface area contributed by atoms with Gasteiger partial charge in [0.1, 0.15) is 11.4 Å². The Morgan fingerprint density at radius 2 is 2.00 bits per heavy atom. The van der Waals surface area contributed by atoms with Crippen LogP contribution in [-0.4, -0.2) is 47.2 Å². The molecule has 0 radical (unpaired) electrons. The first-order valence-corrected chi connectivity index (χ1v) is 10.2. The van der Waals surface area contributed by atoms with E-state index >= 15 is 0 Å². The number of likely N-dealkylation sites (tertiary alicyclic amines) is 1. The van der Waals surface area contributed by atoms with Crippen LogP contribution in [0.25, 0.3) is 10.6 Å². The summed E-state index contributed by atoms with van der Waals surface area (Å²) in [5.74, 6) is -0.419. The lowest BCUT2D eigenvalue weighted by atomic mass is 10.1. The molecule has 2 aromatic heterocycles. The van der Waals surface area contributed by atoms with Crippen LogP contribution in [0.15, 0.2) is 48.7 Å². The number of thiophene rings is 1. The van der Waals surface area contributed by atoms with E-state index in [1.54, 1.807) is 6.07 Å². The monoisotopic (exact) mass is 396 g/mol. The zero-order chi connectivity index (χ0) is 19.5. The Morgan fingerprint density at radius 3 is 2.68 bits per heavy atom. The molecule has 1 aromatic carbocycles. The number of benzene rings is 1. The minimum absolute atomic E-state index is 0.378. The number of aromatic amines is 1. The number of hydrogen-bond donors (Lipinski definition) is 3. The number of aromatic nitrogens is 2. The van der Waals surface area contributed by atoms with E-state index < -0.39 is 5.91 Å². The van der Waals surface area contributed by atoms with E-state index in [1.165, 1.54) is 11.3 Å². The molecule has 4 N–H and O–H groups in total. The van der Waals surface area contributed by atoms with Crippen LogP contribution in [0, 0.1) is 0 Å². The Bertz CT molecular complexity index is 929. The van der Waals surface area contributed by atoms with Gasteiger partial charge in [-0.2, -0.15) is 5.10 Å². The molecule has 1 amide bonds. The molecule has 1 aliphatic heterocycles. The highest BCUT2D eigenvalue weighted by Gasteiger charge is 2.24. The molecule has 1 saturated heterocycles. The summed E-state index contributed by atoms with van der Waals surface area (Å²) in [5, 5.41) is 9.53. The van der Waals surface area contributed by atoms with Crippen LogP contribution in [0.1, 0.15) is 22.5 Å².